The zero-order valence-electron chi connectivity index (χ0n) is 10.7. The number of hydrogen-bond acceptors (Lipinski definition) is 3. The highest BCUT2D eigenvalue weighted by atomic mass is 35.5. The second-order valence-electron chi connectivity index (χ2n) is 6.91. The van der Waals surface area contributed by atoms with Gasteiger partial charge in [-0.2, -0.15) is 0 Å². The van der Waals surface area contributed by atoms with Crippen molar-refractivity contribution < 1.29 is 14.3 Å². The molecule has 1 saturated heterocycles. The van der Waals surface area contributed by atoms with Crippen molar-refractivity contribution in [2.45, 2.75) is 44.8 Å². The van der Waals surface area contributed by atoms with E-state index in [4.69, 9.17) is 102 Å². The van der Waals surface area contributed by atoms with Crippen LogP contribution in [0.15, 0.2) is 0 Å². The number of Topliss-reactive ketones (excluding diaryl/α,β-unsaturated/α-hetero) is 1. The predicted octanol–water partition coefficient (Wildman–Crippen LogP) is 3.19. The zero-order valence-corrected chi connectivity index (χ0v) is 16.7. The second kappa shape index (κ2) is 3.17. The third kappa shape index (κ3) is 0.670. The van der Waals surface area contributed by atoms with E-state index in [2.05, 4.69) is 0 Å². The molecule has 0 unspecified atom stereocenters. The summed E-state index contributed by atoms with van der Waals surface area (Å²) in [6.45, 7) is 0.336. The summed E-state index contributed by atoms with van der Waals surface area (Å²) in [5.74, 6) is -2.45. The van der Waals surface area contributed by atoms with Crippen LogP contribution in [0.1, 0.15) is 0 Å². The number of ether oxygens (including phenoxy) is 2. The van der Waals surface area contributed by atoms with Crippen molar-refractivity contribution in [1.82, 2.24) is 0 Å². The number of halogens is 8. The van der Waals surface area contributed by atoms with Crippen molar-refractivity contribution in [1.29, 1.82) is 0 Å². The average molecular weight is 480 g/mol. The summed E-state index contributed by atoms with van der Waals surface area (Å²) in [7, 11) is 0. The smallest absolute Gasteiger partial charge is 0.215 e. The molecule has 11 heteroatoms. The van der Waals surface area contributed by atoms with Gasteiger partial charge < -0.3 is 9.47 Å². The van der Waals surface area contributed by atoms with Gasteiger partial charge in [0.2, 0.25) is 5.79 Å². The first kappa shape index (κ1) is 15.9. The van der Waals surface area contributed by atoms with Crippen LogP contribution in [0.2, 0.25) is 0 Å². The minimum atomic E-state index is -1.98. The molecule has 1 heterocycles. The minimum Gasteiger partial charge on any atom is -0.344 e. The third-order valence-electron chi connectivity index (χ3n) is 6.97. The number of carbonyl (C=O) groups is 1. The van der Waals surface area contributed by atoms with Crippen LogP contribution in [0.25, 0.3) is 0 Å². The van der Waals surface area contributed by atoms with E-state index in [0.29, 0.717) is 0 Å². The van der Waals surface area contributed by atoms with Crippen molar-refractivity contribution in [3.8, 4) is 0 Å². The van der Waals surface area contributed by atoms with E-state index in [1.165, 1.54) is 0 Å². The topological polar surface area (TPSA) is 35.5 Å². The van der Waals surface area contributed by atoms with Crippen LogP contribution in [0, 0.1) is 0 Å². The molecule has 0 N–H and O–H groups in total. The molecule has 7 fully saturated rings. The van der Waals surface area contributed by atoms with Gasteiger partial charge >= 0.3 is 0 Å². The first-order valence-electron chi connectivity index (χ1n) is 6.70. The SMILES string of the molecule is O=C1[C@@]2(Cl)[C@@]3(Cl)C4(OCCO4)[C@@]4(Cl)[C@@]5(Cl)[C@@](Cl)([C@@]1(Cl)[C@@]35Cl)[C@@]24Cl. The van der Waals surface area contributed by atoms with Gasteiger partial charge in [0.05, 0.1) is 13.2 Å². The molecule has 0 radical (unpaired) electrons. The van der Waals surface area contributed by atoms with Gasteiger partial charge in [-0.3, -0.25) is 4.79 Å². The van der Waals surface area contributed by atoms with Gasteiger partial charge in [-0.15, -0.1) is 92.8 Å². The Morgan fingerprint density at radius 2 is 1.00 bits per heavy atom. The van der Waals surface area contributed by atoms with Crippen molar-refractivity contribution in [3.05, 3.63) is 0 Å². The number of carbonyl (C=O) groups excluding carboxylic acids is 1. The molecule has 1 aliphatic heterocycles. The molecule has 23 heavy (non-hydrogen) atoms. The first-order valence-corrected chi connectivity index (χ1v) is 9.73. The maximum absolute atomic E-state index is 13.1. The van der Waals surface area contributed by atoms with Crippen LogP contribution in [0.3, 0.4) is 0 Å². The lowest BCUT2D eigenvalue weighted by molar-refractivity contribution is -0.188. The van der Waals surface area contributed by atoms with Crippen LogP contribution < -0.4 is 0 Å². The van der Waals surface area contributed by atoms with Crippen LogP contribution >= 0.6 is 92.8 Å². The summed E-state index contributed by atoms with van der Waals surface area (Å²) in [4.78, 5) is -1.14. The molecule has 0 amide bonds. The maximum Gasteiger partial charge on any atom is 0.215 e. The Morgan fingerprint density at radius 1 is 0.609 bits per heavy atom. The summed E-state index contributed by atoms with van der Waals surface area (Å²) >= 11 is 54.5. The lowest BCUT2D eigenvalue weighted by Gasteiger charge is -2.84. The molecule has 3 nitrogen and oxygen atoms in total. The molecular weight excluding hydrogens is 476 g/mol. The molecule has 7 rings (SSSR count). The normalized spacial score (nSPS) is 77.8. The lowest BCUT2D eigenvalue weighted by Crippen LogP contribution is -3.07. The van der Waals surface area contributed by atoms with Crippen LogP contribution in [0.5, 0.6) is 0 Å². The Kier molecular flexibility index (Phi) is 2.19. The molecule has 8 atom stereocenters. The summed E-state index contributed by atoms with van der Waals surface area (Å²) in [6.07, 6.45) is 0. The van der Waals surface area contributed by atoms with E-state index >= 15 is 0 Å². The molecule has 126 valence electrons. The average Bonchev–Trinajstić information content (AvgIpc) is 3.12. The summed E-state index contributed by atoms with van der Waals surface area (Å²) < 4.78 is 11.6. The fourth-order valence-corrected chi connectivity index (χ4v) is 13.5. The summed E-state index contributed by atoms with van der Waals surface area (Å²) in [6, 6.07) is 0. The van der Waals surface area contributed by atoms with Gasteiger partial charge in [-0.25, -0.2) is 0 Å². The standard InChI is InChI=1S/C12H4Cl8O3/c13-4-3(21)5(14)7(16)6(4,15)10(19)8(4,17)9(5,18)12(11(7,10)20)22-1-2-23-12/h1-2H2/t4-,5+,6-,7+,8-,9+,10-,11+/m1/s1. The third-order valence-corrected chi connectivity index (χ3v) is 14.5. The van der Waals surface area contributed by atoms with Crippen molar-refractivity contribution in [2.75, 3.05) is 13.2 Å². The first-order chi connectivity index (χ1) is 10.4. The quantitative estimate of drug-likeness (QED) is 0.501. The Morgan fingerprint density at radius 3 is 1.52 bits per heavy atom. The monoisotopic (exact) mass is 476 g/mol. The van der Waals surface area contributed by atoms with Crippen LogP contribution in [-0.2, 0) is 14.3 Å². The fourth-order valence-electron chi connectivity index (χ4n) is 6.49. The highest BCUT2D eigenvalue weighted by Gasteiger charge is 3.32. The second-order valence-corrected chi connectivity index (χ2v) is 11.4. The Bertz CT molecular complexity index is 788. The number of rotatable bonds is 0. The number of hydrogen-bond donors (Lipinski definition) is 0. The van der Waals surface area contributed by atoms with E-state index in [1.54, 1.807) is 0 Å². The van der Waals surface area contributed by atoms with E-state index in [1.807, 2.05) is 0 Å². The zero-order chi connectivity index (χ0) is 16.9. The molecule has 0 aromatic rings. The van der Waals surface area contributed by atoms with Crippen molar-refractivity contribution >= 4 is 98.6 Å². The fraction of sp³-hybridized carbons (Fsp3) is 0.917. The molecule has 6 aliphatic carbocycles. The number of alkyl halides is 8. The van der Waals surface area contributed by atoms with E-state index in [9.17, 15) is 4.79 Å². The van der Waals surface area contributed by atoms with Gasteiger partial charge in [-0.1, -0.05) is 0 Å². The Balaban J connectivity index is 1.89. The summed E-state index contributed by atoms with van der Waals surface area (Å²) in [5.41, 5.74) is 0. The number of ketones is 1. The molecule has 0 aromatic heterocycles. The van der Waals surface area contributed by atoms with Gasteiger partial charge in [0.1, 0.15) is 24.4 Å². The molecule has 0 aromatic carbocycles. The largest absolute Gasteiger partial charge is 0.344 e. The van der Waals surface area contributed by atoms with Gasteiger partial charge in [0.25, 0.3) is 0 Å². The maximum atomic E-state index is 13.1. The Labute approximate surface area is 170 Å². The molecule has 6 saturated carbocycles. The van der Waals surface area contributed by atoms with Crippen molar-refractivity contribution in [2.24, 2.45) is 0 Å². The predicted molar refractivity (Wildman–Crippen MR) is 88.3 cm³/mol. The lowest BCUT2D eigenvalue weighted by atomic mass is 9.37. The highest BCUT2D eigenvalue weighted by Crippen LogP contribution is 3.09. The van der Waals surface area contributed by atoms with Crippen LogP contribution in [-0.4, -0.2) is 63.8 Å². The minimum absolute atomic E-state index is 0.168. The van der Waals surface area contributed by atoms with Gasteiger partial charge in [0.15, 0.2) is 20.4 Å². The van der Waals surface area contributed by atoms with Crippen molar-refractivity contribution in [3.63, 3.8) is 0 Å². The van der Waals surface area contributed by atoms with Gasteiger partial charge in [0, 0.05) is 0 Å². The van der Waals surface area contributed by atoms with E-state index in [0.717, 1.165) is 0 Å². The van der Waals surface area contributed by atoms with Crippen LogP contribution in [0.4, 0.5) is 0 Å². The molecular formula is C12H4Cl8O3. The highest BCUT2D eigenvalue weighted by molar-refractivity contribution is 6.79. The molecule has 1 spiro atoms. The van der Waals surface area contributed by atoms with E-state index in [-0.39, 0.29) is 13.2 Å². The summed E-state index contributed by atoms with van der Waals surface area (Å²) in [5, 5.41) is 0. The van der Waals surface area contributed by atoms with E-state index < -0.39 is 50.6 Å². The molecule has 7 aliphatic rings. The van der Waals surface area contributed by atoms with Gasteiger partial charge in [-0.05, 0) is 0 Å². The Hall–Kier alpha value is 1.91. The molecule has 4 bridgehead atoms.